The van der Waals surface area contributed by atoms with Crippen LogP contribution in [-0.4, -0.2) is 33.7 Å². The summed E-state index contributed by atoms with van der Waals surface area (Å²) in [5.41, 5.74) is -0.314. The summed E-state index contributed by atoms with van der Waals surface area (Å²) in [4.78, 5) is 12.9. The highest BCUT2D eigenvalue weighted by molar-refractivity contribution is 7.92. The van der Waals surface area contributed by atoms with Crippen LogP contribution in [0.2, 0.25) is 5.02 Å². The molecule has 3 N–H and O–H groups in total. The topological polar surface area (TPSA) is 96.5 Å². The molecule has 7 nitrogen and oxygen atoms in total. The molecule has 0 heterocycles. The molecular weight excluding hydrogens is 471 g/mol. The molecule has 0 saturated heterocycles. The summed E-state index contributed by atoms with van der Waals surface area (Å²) in [6, 6.07) is 6.36. The van der Waals surface area contributed by atoms with Crippen LogP contribution < -0.4 is 20.1 Å². The Bertz CT molecular complexity index is 1090. The van der Waals surface area contributed by atoms with E-state index < -0.39 is 33.7 Å². The standard InChI is InChI=1S/C20H23ClF3N3O4S/c1-11(2)18(26-15-7-5-12(9-14(15)21)20(22,23)24)19(28)25-13-6-8-17(31-3)16(10-13)27-32(4,29)30/h5-11,18,26-27H,1-4H3,(H,25,28)/t18-/m0/s1. The van der Waals surface area contributed by atoms with Crippen molar-refractivity contribution < 1.29 is 31.1 Å². The number of anilines is 3. The number of methoxy groups -OCH3 is 1. The summed E-state index contributed by atoms with van der Waals surface area (Å²) in [6.45, 7) is 3.50. The third kappa shape index (κ3) is 6.92. The molecule has 176 valence electrons. The molecule has 0 aliphatic carbocycles. The Kier molecular flexibility index (Phi) is 7.89. The van der Waals surface area contributed by atoms with Gasteiger partial charge in [0.05, 0.1) is 35.3 Å². The van der Waals surface area contributed by atoms with Crippen LogP contribution in [0.1, 0.15) is 19.4 Å². The van der Waals surface area contributed by atoms with E-state index in [4.69, 9.17) is 16.3 Å². The first-order valence-electron chi connectivity index (χ1n) is 9.31. The van der Waals surface area contributed by atoms with Crippen LogP contribution in [0, 0.1) is 5.92 Å². The second-order valence-electron chi connectivity index (χ2n) is 7.34. The largest absolute Gasteiger partial charge is 0.495 e. The molecule has 2 aromatic rings. The maximum absolute atomic E-state index is 12.9. The zero-order valence-electron chi connectivity index (χ0n) is 17.7. The first kappa shape index (κ1) is 25.6. The molecule has 0 unspecified atom stereocenters. The van der Waals surface area contributed by atoms with E-state index in [9.17, 15) is 26.4 Å². The first-order valence-corrected chi connectivity index (χ1v) is 11.6. The zero-order chi connectivity index (χ0) is 24.3. The summed E-state index contributed by atoms with van der Waals surface area (Å²) >= 11 is 5.99. The van der Waals surface area contributed by atoms with E-state index in [1.165, 1.54) is 25.3 Å². The minimum absolute atomic E-state index is 0.132. The molecule has 0 spiro atoms. The van der Waals surface area contributed by atoms with Crippen molar-refractivity contribution in [1.82, 2.24) is 0 Å². The molecule has 0 saturated carbocycles. The molecule has 2 aromatic carbocycles. The minimum atomic E-state index is -4.54. The van der Waals surface area contributed by atoms with Gasteiger partial charge in [0.15, 0.2) is 0 Å². The number of halogens is 4. The van der Waals surface area contributed by atoms with Crippen molar-refractivity contribution in [2.24, 2.45) is 5.92 Å². The number of rotatable bonds is 8. The number of hydrogen-bond acceptors (Lipinski definition) is 5. The number of ether oxygens (including phenoxy) is 1. The number of sulfonamides is 1. The molecule has 0 aliphatic rings. The van der Waals surface area contributed by atoms with Crippen LogP contribution in [0.4, 0.5) is 30.2 Å². The highest BCUT2D eigenvalue weighted by Crippen LogP contribution is 2.34. The number of alkyl halides is 3. The van der Waals surface area contributed by atoms with Crippen molar-refractivity contribution in [1.29, 1.82) is 0 Å². The molecule has 1 amide bonds. The first-order chi connectivity index (χ1) is 14.7. The Morgan fingerprint density at radius 3 is 2.25 bits per heavy atom. The lowest BCUT2D eigenvalue weighted by Gasteiger charge is -2.24. The molecule has 0 aromatic heterocycles. The van der Waals surface area contributed by atoms with Gasteiger partial charge < -0.3 is 15.4 Å². The molecule has 12 heteroatoms. The lowest BCUT2D eigenvalue weighted by molar-refractivity contribution is -0.137. The van der Waals surface area contributed by atoms with E-state index in [1.54, 1.807) is 13.8 Å². The van der Waals surface area contributed by atoms with Gasteiger partial charge in [-0.15, -0.1) is 0 Å². The van der Waals surface area contributed by atoms with Crippen LogP contribution in [0.3, 0.4) is 0 Å². The molecular formula is C20H23ClF3N3O4S. The predicted molar refractivity (Wildman–Crippen MR) is 119 cm³/mol. The van der Waals surface area contributed by atoms with Crippen LogP contribution >= 0.6 is 11.6 Å². The number of carbonyl (C=O) groups excluding carboxylic acids is 1. The number of benzene rings is 2. The van der Waals surface area contributed by atoms with Gasteiger partial charge in [-0.2, -0.15) is 13.2 Å². The van der Waals surface area contributed by atoms with Crippen molar-refractivity contribution in [3.63, 3.8) is 0 Å². The van der Waals surface area contributed by atoms with Crippen molar-refractivity contribution in [2.45, 2.75) is 26.1 Å². The van der Waals surface area contributed by atoms with E-state index in [1.807, 2.05) is 0 Å². The van der Waals surface area contributed by atoms with Gasteiger partial charge in [-0.3, -0.25) is 9.52 Å². The summed E-state index contributed by atoms with van der Waals surface area (Å²) in [6.07, 6.45) is -3.56. The van der Waals surface area contributed by atoms with E-state index >= 15 is 0 Å². The van der Waals surface area contributed by atoms with Crippen molar-refractivity contribution >= 4 is 44.6 Å². The monoisotopic (exact) mass is 493 g/mol. The number of carbonyl (C=O) groups is 1. The molecule has 32 heavy (non-hydrogen) atoms. The van der Waals surface area contributed by atoms with Crippen molar-refractivity contribution in [2.75, 3.05) is 28.7 Å². The van der Waals surface area contributed by atoms with Gasteiger partial charge in [0.25, 0.3) is 0 Å². The van der Waals surface area contributed by atoms with Gasteiger partial charge in [-0.25, -0.2) is 8.42 Å². The Morgan fingerprint density at radius 2 is 1.75 bits per heavy atom. The number of hydrogen-bond donors (Lipinski definition) is 3. The molecule has 0 aliphatic heterocycles. The van der Waals surface area contributed by atoms with Gasteiger partial charge in [-0.05, 0) is 42.3 Å². The average Bonchev–Trinajstić information content (AvgIpc) is 2.64. The second-order valence-corrected chi connectivity index (χ2v) is 9.49. The maximum atomic E-state index is 12.9. The molecule has 2 rings (SSSR count). The summed E-state index contributed by atoms with van der Waals surface area (Å²) < 4.78 is 69.1. The van der Waals surface area contributed by atoms with E-state index in [2.05, 4.69) is 15.4 Å². The third-order valence-corrected chi connectivity index (χ3v) is 5.22. The van der Waals surface area contributed by atoms with E-state index in [0.717, 1.165) is 24.5 Å². The van der Waals surface area contributed by atoms with E-state index in [0.29, 0.717) is 0 Å². The highest BCUT2D eigenvalue weighted by atomic mass is 35.5. The predicted octanol–water partition coefficient (Wildman–Crippen LogP) is 4.81. The summed E-state index contributed by atoms with van der Waals surface area (Å²) in [7, 11) is -2.23. The fourth-order valence-corrected chi connectivity index (χ4v) is 3.59. The van der Waals surface area contributed by atoms with Crippen molar-refractivity contribution in [3.8, 4) is 5.75 Å². The van der Waals surface area contributed by atoms with Gasteiger partial charge in [0.1, 0.15) is 11.8 Å². The maximum Gasteiger partial charge on any atom is 0.416 e. The molecule has 1 atom stereocenters. The summed E-state index contributed by atoms with van der Waals surface area (Å²) in [5.74, 6) is -0.504. The summed E-state index contributed by atoms with van der Waals surface area (Å²) in [5, 5.41) is 5.36. The molecule has 0 radical (unpaired) electrons. The third-order valence-electron chi connectivity index (χ3n) is 4.32. The van der Waals surface area contributed by atoms with Crippen LogP contribution in [0.5, 0.6) is 5.75 Å². The SMILES string of the molecule is COc1ccc(NC(=O)[C@@H](Nc2ccc(C(F)(F)F)cc2Cl)C(C)C)cc1NS(C)(=O)=O. The number of amides is 1. The lowest BCUT2D eigenvalue weighted by atomic mass is 10.0. The Morgan fingerprint density at radius 1 is 1.09 bits per heavy atom. The Labute approximate surface area is 189 Å². The fourth-order valence-electron chi connectivity index (χ4n) is 2.80. The molecule has 0 bridgehead atoms. The highest BCUT2D eigenvalue weighted by Gasteiger charge is 2.31. The van der Waals surface area contributed by atoms with Gasteiger partial charge >= 0.3 is 6.18 Å². The Hall–Kier alpha value is -2.66. The average molecular weight is 494 g/mol. The molecule has 0 fully saturated rings. The van der Waals surface area contributed by atoms with Crippen molar-refractivity contribution in [3.05, 3.63) is 47.0 Å². The van der Waals surface area contributed by atoms with Crippen LogP contribution in [0.25, 0.3) is 0 Å². The van der Waals surface area contributed by atoms with Gasteiger partial charge in [0, 0.05) is 5.69 Å². The smallest absolute Gasteiger partial charge is 0.416 e. The van der Waals surface area contributed by atoms with Gasteiger partial charge in [-0.1, -0.05) is 25.4 Å². The number of nitrogens with one attached hydrogen (secondary N) is 3. The zero-order valence-corrected chi connectivity index (χ0v) is 19.2. The van der Waals surface area contributed by atoms with Crippen LogP contribution in [-0.2, 0) is 21.0 Å². The quantitative estimate of drug-likeness (QED) is 0.490. The Balaban J connectivity index is 2.25. The van der Waals surface area contributed by atoms with Gasteiger partial charge in [0.2, 0.25) is 15.9 Å². The van der Waals surface area contributed by atoms with Crippen LogP contribution in [0.15, 0.2) is 36.4 Å². The fraction of sp³-hybridized carbons (Fsp3) is 0.350. The second kappa shape index (κ2) is 9.86. The normalized spacial score (nSPS) is 12.9. The minimum Gasteiger partial charge on any atom is -0.495 e. The lowest BCUT2D eigenvalue weighted by Crippen LogP contribution is -2.39. The van der Waals surface area contributed by atoms with E-state index in [-0.39, 0.29) is 33.8 Å².